The van der Waals surface area contributed by atoms with Crippen molar-refractivity contribution in [3.05, 3.63) is 40.7 Å². The van der Waals surface area contributed by atoms with Crippen LogP contribution in [0.1, 0.15) is 30.8 Å². The Labute approximate surface area is 117 Å². The Morgan fingerprint density at radius 1 is 1.37 bits per heavy atom. The molecule has 0 fully saturated rings. The normalized spacial score (nSPS) is 12.0. The molecule has 1 heterocycles. The van der Waals surface area contributed by atoms with Crippen LogP contribution in [0.15, 0.2) is 35.7 Å². The number of nitrogens with zero attached hydrogens (tertiary/aromatic N) is 2. The molecule has 1 N–H and O–H groups in total. The predicted molar refractivity (Wildman–Crippen MR) is 78.8 cm³/mol. The first kappa shape index (κ1) is 13.7. The number of hydrogen-bond donors (Lipinski definition) is 1. The molecule has 2 aromatic rings. The van der Waals surface area contributed by atoms with Gasteiger partial charge in [-0.05, 0) is 19.9 Å². The van der Waals surface area contributed by atoms with Crippen molar-refractivity contribution in [1.29, 1.82) is 5.26 Å². The zero-order valence-electron chi connectivity index (χ0n) is 11.0. The van der Waals surface area contributed by atoms with Crippen LogP contribution in [0.3, 0.4) is 0 Å². The van der Waals surface area contributed by atoms with Crippen LogP contribution < -0.4 is 5.32 Å². The van der Waals surface area contributed by atoms with Crippen LogP contribution in [0, 0.1) is 11.3 Å². The monoisotopic (exact) mass is 271 g/mol. The van der Waals surface area contributed by atoms with Crippen LogP contribution in [0.25, 0.3) is 11.3 Å². The summed E-state index contributed by atoms with van der Waals surface area (Å²) in [5, 5.41) is 15.1. The van der Waals surface area contributed by atoms with E-state index in [-0.39, 0.29) is 6.04 Å². The van der Waals surface area contributed by atoms with Gasteiger partial charge in [0.15, 0.2) is 0 Å². The van der Waals surface area contributed by atoms with E-state index in [4.69, 9.17) is 5.26 Å². The zero-order valence-corrected chi connectivity index (χ0v) is 11.8. The lowest BCUT2D eigenvalue weighted by molar-refractivity contribution is 0.560. The molecule has 2 rings (SSSR count). The highest BCUT2D eigenvalue weighted by atomic mass is 32.1. The van der Waals surface area contributed by atoms with Crippen molar-refractivity contribution in [2.24, 2.45) is 0 Å². The SMILES string of the molecule is CC(NCCCC#N)c1nc(-c2ccccc2)cs1. The first-order valence-electron chi connectivity index (χ1n) is 6.42. The molecule has 1 aromatic carbocycles. The summed E-state index contributed by atoms with van der Waals surface area (Å²) in [6.07, 6.45) is 1.49. The van der Waals surface area contributed by atoms with Crippen molar-refractivity contribution in [2.75, 3.05) is 6.54 Å². The predicted octanol–water partition coefficient (Wildman–Crippen LogP) is 3.76. The van der Waals surface area contributed by atoms with Crippen LogP contribution in [-0.2, 0) is 0 Å². The van der Waals surface area contributed by atoms with Crippen LogP contribution >= 0.6 is 11.3 Å². The van der Waals surface area contributed by atoms with E-state index >= 15 is 0 Å². The summed E-state index contributed by atoms with van der Waals surface area (Å²) in [7, 11) is 0. The second-order valence-electron chi connectivity index (χ2n) is 4.37. The van der Waals surface area contributed by atoms with Gasteiger partial charge in [0, 0.05) is 17.4 Å². The van der Waals surface area contributed by atoms with Crippen LogP contribution in [-0.4, -0.2) is 11.5 Å². The molecule has 98 valence electrons. The van der Waals surface area contributed by atoms with E-state index in [9.17, 15) is 0 Å². The summed E-state index contributed by atoms with van der Waals surface area (Å²) < 4.78 is 0. The van der Waals surface area contributed by atoms with Crippen molar-refractivity contribution in [2.45, 2.75) is 25.8 Å². The van der Waals surface area contributed by atoms with E-state index in [1.54, 1.807) is 11.3 Å². The summed E-state index contributed by atoms with van der Waals surface area (Å²) in [5.41, 5.74) is 2.19. The number of aromatic nitrogens is 1. The molecule has 1 unspecified atom stereocenters. The summed E-state index contributed by atoms with van der Waals surface area (Å²) in [6.45, 7) is 2.97. The molecule has 1 aromatic heterocycles. The van der Waals surface area contributed by atoms with Gasteiger partial charge in [0.2, 0.25) is 0 Å². The Hall–Kier alpha value is -1.70. The minimum Gasteiger partial charge on any atom is -0.308 e. The smallest absolute Gasteiger partial charge is 0.110 e. The van der Waals surface area contributed by atoms with E-state index < -0.39 is 0 Å². The van der Waals surface area contributed by atoms with Gasteiger partial charge in [-0.3, -0.25) is 0 Å². The van der Waals surface area contributed by atoms with Gasteiger partial charge in [-0.2, -0.15) is 5.26 Å². The third-order valence-electron chi connectivity index (χ3n) is 2.88. The first-order valence-corrected chi connectivity index (χ1v) is 7.30. The molecule has 0 spiro atoms. The van der Waals surface area contributed by atoms with Gasteiger partial charge in [0.05, 0.1) is 17.8 Å². The lowest BCUT2D eigenvalue weighted by Gasteiger charge is -2.09. The maximum atomic E-state index is 8.49. The number of nitriles is 1. The van der Waals surface area contributed by atoms with E-state index in [1.165, 1.54) is 0 Å². The van der Waals surface area contributed by atoms with Gasteiger partial charge in [0.1, 0.15) is 5.01 Å². The van der Waals surface area contributed by atoms with Crippen LogP contribution in [0.2, 0.25) is 0 Å². The minimum atomic E-state index is 0.237. The van der Waals surface area contributed by atoms with Crippen molar-refractivity contribution in [1.82, 2.24) is 10.3 Å². The molecule has 0 saturated carbocycles. The van der Waals surface area contributed by atoms with Crippen LogP contribution in [0.4, 0.5) is 0 Å². The van der Waals surface area contributed by atoms with E-state index in [0.717, 1.165) is 29.2 Å². The summed E-state index contributed by atoms with van der Waals surface area (Å²) in [4.78, 5) is 4.67. The fourth-order valence-electron chi connectivity index (χ4n) is 1.80. The first-order chi connectivity index (χ1) is 9.31. The standard InChI is InChI=1S/C15H17N3S/c1-12(17-10-6-5-9-16)15-18-14(11-19-15)13-7-3-2-4-8-13/h2-4,7-8,11-12,17H,5-6,10H2,1H3. The molecule has 1 atom stereocenters. The minimum absolute atomic E-state index is 0.237. The highest BCUT2D eigenvalue weighted by molar-refractivity contribution is 7.10. The fraction of sp³-hybridized carbons (Fsp3) is 0.333. The second kappa shape index (κ2) is 7.03. The summed E-state index contributed by atoms with van der Waals surface area (Å²) in [5.74, 6) is 0. The van der Waals surface area contributed by atoms with E-state index in [2.05, 4.69) is 40.8 Å². The lowest BCUT2D eigenvalue weighted by Crippen LogP contribution is -2.19. The Morgan fingerprint density at radius 3 is 2.89 bits per heavy atom. The Kier molecular flexibility index (Phi) is 5.08. The number of unbranched alkanes of at least 4 members (excludes halogenated alkanes) is 1. The molecule has 0 saturated heterocycles. The average molecular weight is 271 g/mol. The fourth-order valence-corrected chi connectivity index (χ4v) is 2.66. The van der Waals surface area contributed by atoms with Gasteiger partial charge in [-0.25, -0.2) is 4.98 Å². The maximum Gasteiger partial charge on any atom is 0.110 e. The van der Waals surface area contributed by atoms with Crippen molar-refractivity contribution in [3.63, 3.8) is 0 Å². The number of thiazole rings is 1. The molecule has 0 bridgehead atoms. The summed E-state index contributed by atoms with van der Waals surface area (Å²) in [6, 6.07) is 12.6. The molecular formula is C15H17N3S. The average Bonchev–Trinajstić information content (AvgIpc) is 2.94. The molecule has 0 radical (unpaired) electrons. The van der Waals surface area contributed by atoms with E-state index in [1.807, 2.05) is 18.2 Å². The van der Waals surface area contributed by atoms with Gasteiger partial charge >= 0.3 is 0 Å². The third kappa shape index (κ3) is 3.88. The lowest BCUT2D eigenvalue weighted by atomic mass is 10.2. The van der Waals surface area contributed by atoms with Crippen molar-refractivity contribution in [3.8, 4) is 17.3 Å². The van der Waals surface area contributed by atoms with Gasteiger partial charge in [0.25, 0.3) is 0 Å². The molecule has 0 amide bonds. The van der Waals surface area contributed by atoms with Crippen molar-refractivity contribution < 1.29 is 0 Å². The Bertz CT molecular complexity index is 542. The molecule has 0 aliphatic heterocycles. The third-order valence-corrected chi connectivity index (χ3v) is 3.91. The molecule has 0 aliphatic carbocycles. The molecule has 4 heteroatoms. The van der Waals surface area contributed by atoms with Gasteiger partial charge < -0.3 is 5.32 Å². The van der Waals surface area contributed by atoms with Crippen molar-refractivity contribution >= 4 is 11.3 Å². The second-order valence-corrected chi connectivity index (χ2v) is 5.26. The maximum absolute atomic E-state index is 8.49. The Balaban J connectivity index is 1.95. The highest BCUT2D eigenvalue weighted by Crippen LogP contribution is 2.25. The highest BCUT2D eigenvalue weighted by Gasteiger charge is 2.10. The van der Waals surface area contributed by atoms with Gasteiger partial charge in [-0.1, -0.05) is 30.3 Å². The Morgan fingerprint density at radius 2 is 2.16 bits per heavy atom. The molecule has 19 heavy (non-hydrogen) atoms. The zero-order chi connectivity index (χ0) is 13.5. The number of rotatable bonds is 6. The topological polar surface area (TPSA) is 48.7 Å². The largest absolute Gasteiger partial charge is 0.308 e. The van der Waals surface area contributed by atoms with E-state index in [0.29, 0.717) is 6.42 Å². The summed E-state index contributed by atoms with van der Waals surface area (Å²) >= 11 is 1.68. The molecular weight excluding hydrogens is 254 g/mol. The number of nitrogens with one attached hydrogen (secondary N) is 1. The molecule has 0 aliphatic rings. The number of benzene rings is 1. The van der Waals surface area contributed by atoms with Gasteiger partial charge in [-0.15, -0.1) is 11.3 Å². The quantitative estimate of drug-likeness (QED) is 0.814. The molecule has 3 nitrogen and oxygen atoms in total. The number of hydrogen-bond acceptors (Lipinski definition) is 4. The van der Waals surface area contributed by atoms with Crippen LogP contribution in [0.5, 0.6) is 0 Å².